The summed E-state index contributed by atoms with van der Waals surface area (Å²) in [6.07, 6.45) is -6.07. The van der Waals surface area contributed by atoms with Gasteiger partial charge in [-0.2, -0.15) is 26.3 Å². The van der Waals surface area contributed by atoms with E-state index in [2.05, 4.69) is 18.9 Å². The van der Waals surface area contributed by atoms with Crippen LogP contribution in [0.1, 0.15) is 17.5 Å². The smallest absolute Gasteiger partial charge is 0.437 e. The maximum absolute atomic E-state index is 13.1. The molecule has 2 rings (SSSR count). The number of ether oxygens (including phenoxy) is 2. The zero-order valence-electron chi connectivity index (χ0n) is 18.4. The molecule has 0 aliphatic rings. The molecule has 0 amide bonds. The lowest BCUT2D eigenvalue weighted by Gasteiger charge is -2.12. The van der Waals surface area contributed by atoms with Crippen molar-refractivity contribution in [3.63, 3.8) is 0 Å². The van der Waals surface area contributed by atoms with Gasteiger partial charge in [-0.25, -0.2) is 0 Å². The molecule has 35 heavy (non-hydrogen) atoms. The highest BCUT2D eigenvalue weighted by Gasteiger charge is 2.38. The average molecular weight is 543 g/mol. The van der Waals surface area contributed by atoms with Crippen molar-refractivity contribution in [2.24, 2.45) is 10.3 Å². The van der Waals surface area contributed by atoms with E-state index in [0.29, 0.717) is 42.0 Å². The van der Waals surface area contributed by atoms with Crippen molar-refractivity contribution in [2.45, 2.75) is 18.8 Å². The molecule has 0 atom stereocenters. The molecule has 2 aromatic rings. The Labute approximate surface area is 206 Å². The molecule has 0 aliphatic carbocycles. The molecule has 0 heterocycles. The Morgan fingerprint density at radius 3 is 1.29 bits per heavy atom. The van der Waals surface area contributed by atoms with E-state index in [4.69, 9.17) is 9.47 Å². The van der Waals surface area contributed by atoms with Crippen molar-refractivity contribution in [1.82, 2.24) is 0 Å². The molecule has 6 nitrogen and oxygen atoms in total. The van der Waals surface area contributed by atoms with Gasteiger partial charge < -0.3 is 18.0 Å². The predicted octanol–water partition coefficient (Wildman–Crippen LogP) is 6.66. The molecular weight excluding hydrogens is 522 g/mol. The van der Waals surface area contributed by atoms with Crippen LogP contribution in [0.25, 0.3) is 0 Å². The molecule has 14 heteroatoms. The van der Waals surface area contributed by atoms with Gasteiger partial charge in [0.05, 0.1) is 37.3 Å². The number of oxime groups is 2. The molecule has 0 bridgehead atoms. The van der Waals surface area contributed by atoms with Crippen LogP contribution in [-0.4, -0.2) is 49.5 Å². The summed E-state index contributed by atoms with van der Waals surface area (Å²) in [4.78, 5) is 0. The first-order valence-electron chi connectivity index (χ1n) is 9.72. The molecule has 0 unspecified atom stereocenters. The topological polar surface area (TPSA) is 61.6 Å². The van der Waals surface area contributed by atoms with Gasteiger partial charge in [0.1, 0.15) is 11.5 Å². The summed E-state index contributed by atoms with van der Waals surface area (Å²) in [6, 6.07) is 10.3. The average Bonchev–Trinajstić information content (AvgIpc) is 2.79. The molecule has 0 aliphatic heterocycles. The Balaban J connectivity index is 1.84. The first-order chi connectivity index (χ1) is 16.6. The molecule has 192 valence electrons. The Morgan fingerprint density at radius 2 is 1.00 bits per heavy atom. The number of halogens is 6. The highest BCUT2D eigenvalue weighted by Crippen LogP contribution is 2.26. The summed E-state index contributed by atoms with van der Waals surface area (Å²) < 4.78 is 98.4. The van der Waals surface area contributed by atoms with Crippen LogP contribution in [0.2, 0.25) is 0 Å². The number of hydrogen-bond acceptors (Lipinski definition) is 8. The highest BCUT2D eigenvalue weighted by molar-refractivity contribution is 7.94. The van der Waals surface area contributed by atoms with E-state index in [9.17, 15) is 26.3 Å². The standard InChI is InChI=1S/C21H20F6N2O4S2/c1-34-32-28-18(20(22,23)24)14-4-8-16(9-5-14)30-12-3-13-31-17-10-6-15(7-11-17)19(21(25,26)27)29-33-35-2/h4-11H,3,12-13H2,1-2H3/b28-18-,29-19-. The number of alkyl halides is 6. The van der Waals surface area contributed by atoms with Crippen molar-refractivity contribution >= 4 is 35.5 Å². The molecule has 0 radical (unpaired) electrons. The fraction of sp³-hybridized carbons (Fsp3) is 0.333. The number of nitrogens with zero attached hydrogens (tertiary/aromatic N) is 2. The molecule has 2 aromatic carbocycles. The van der Waals surface area contributed by atoms with Gasteiger partial charge in [0.15, 0.2) is 11.4 Å². The van der Waals surface area contributed by atoms with E-state index in [1.54, 1.807) is 0 Å². The fourth-order valence-electron chi connectivity index (χ4n) is 2.54. The van der Waals surface area contributed by atoms with E-state index in [-0.39, 0.29) is 24.3 Å². The zero-order valence-corrected chi connectivity index (χ0v) is 20.0. The number of benzene rings is 2. The minimum atomic E-state index is -4.68. The molecule has 0 spiro atoms. The summed E-state index contributed by atoms with van der Waals surface area (Å²) in [5, 5.41) is 6.19. The van der Waals surface area contributed by atoms with Gasteiger partial charge in [0.25, 0.3) is 0 Å². The summed E-state index contributed by atoms with van der Waals surface area (Å²) in [6.45, 7) is 0.397. The van der Waals surface area contributed by atoms with Crippen LogP contribution in [0.4, 0.5) is 26.3 Å². The summed E-state index contributed by atoms with van der Waals surface area (Å²) in [5.41, 5.74) is -2.68. The Bertz CT molecular complexity index is 902. The van der Waals surface area contributed by atoms with Gasteiger partial charge in [-0.1, -0.05) is 10.3 Å². The molecule has 0 saturated heterocycles. The van der Waals surface area contributed by atoms with E-state index in [0.717, 1.165) is 0 Å². The Morgan fingerprint density at radius 1 is 0.657 bits per heavy atom. The Kier molecular flexibility index (Phi) is 10.9. The lowest BCUT2D eigenvalue weighted by atomic mass is 10.1. The van der Waals surface area contributed by atoms with Crippen LogP contribution < -0.4 is 9.47 Å². The van der Waals surface area contributed by atoms with Crippen molar-refractivity contribution in [3.8, 4) is 11.5 Å². The minimum Gasteiger partial charge on any atom is -0.493 e. The van der Waals surface area contributed by atoms with Gasteiger partial charge in [-0.05, 0) is 48.5 Å². The molecule has 0 N–H and O–H groups in total. The quantitative estimate of drug-likeness (QED) is 0.0984. The van der Waals surface area contributed by atoms with Gasteiger partial charge >= 0.3 is 12.4 Å². The largest absolute Gasteiger partial charge is 0.493 e. The predicted molar refractivity (Wildman–Crippen MR) is 123 cm³/mol. The van der Waals surface area contributed by atoms with Crippen molar-refractivity contribution in [3.05, 3.63) is 59.7 Å². The van der Waals surface area contributed by atoms with Gasteiger partial charge in [-0.15, -0.1) is 0 Å². The van der Waals surface area contributed by atoms with Crippen LogP contribution in [-0.2, 0) is 8.57 Å². The minimum absolute atomic E-state index is 0.176. The fourth-order valence-corrected chi connectivity index (χ4v) is 2.84. The van der Waals surface area contributed by atoms with Crippen LogP contribution in [0.3, 0.4) is 0 Å². The summed E-state index contributed by atoms with van der Waals surface area (Å²) in [7, 11) is 0. The second kappa shape index (κ2) is 13.4. The van der Waals surface area contributed by atoms with E-state index < -0.39 is 23.8 Å². The maximum Gasteiger partial charge on any atom is 0.437 e. The second-order valence-electron chi connectivity index (χ2n) is 6.46. The number of rotatable bonds is 12. The first-order valence-corrected chi connectivity index (χ1v) is 12.0. The third kappa shape index (κ3) is 9.43. The lowest BCUT2D eigenvalue weighted by Crippen LogP contribution is -2.24. The van der Waals surface area contributed by atoms with Crippen LogP contribution >= 0.6 is 24.1 Å². The monoisotopic (exact) mass is 542 g/mol. The lowest BCUT2D eigenvalue weighted by molar-refractivity contribution is -0.0605. The normalized spacial score (nSPS) is 12.9. The summed E-state index contributed by atoms with van der Waals surface area (Å²) in [5.74, 6) is 0.689. The van der Waals surface area contributed by atoms with Crippen LogP contribution in [0, 0.1) is 0 Å². The highest BCUT2D eigenvalue weighted by atomic mass is 32.2. The van der Waals surface area contributed by atoms with Crippen LogP contribution in [0.15, 0.2) is 58.8 Å². The van der Waals surface area contributed by atoms with Crippen molar-refractivity contribution < 1.29 is 44.4 Å². The van der Waals surface area contributed by atoms with Gasteiger partial charge in [0.2, 0.25) is 0 Å². The number of hydrogen-bond donors (Lipinski definition) is 0. The van der Waals surface area contributed by atoms with Gasteiger partial charge in [0, 0.05) is 30.1 Å². The zero-order chi connectivity index (χ0) is 25.9. The first kappa shape index (κ1) is 28.5. The molecular formula is C21H20F6N2O4S2. The second-order valence-corrected chi connectivity index (χ2v) is 7.42. The van der Waals surface area contributed by atoms with Gasteiger partial charge in [-0.3, -0.25) is 0 Å². The van der Waals surface area contributed by atoms with E-state index in [1.165, 1.54) is 61.0 Å². The van der Waals surface area contributed by atoms with E-state index in [1.807, 2.05) is 0 Å². The van der Waals surface area contributed by atoms with Crippen LogP contribution in [0.5, 0.6) is 11.5 Å². The maximum atomic E-state index is 13.1. The summed E-state index contributed by atoms with van der Waals surface area (Å²) >= 11 is 1.37. The van der Waals surface area contributed by atoms with Crippen molar-refractivity contribution in [2.75, 3.05) is 25.7 Å². The molecule has 0 fully saturated rings. The third-order valence-corrected chi connectivity index (χ3v) is 4.47. The third-order valence-electron chi connectivity index (χ3n) is 4.02. The molecule has 0 aromatic heterocycles. The SMILES string of the molecule is CSO/N=C(/c1ccc(OCCCOc2ccc(/C(=N/OSC)C(F)(F)F)cc2)cc1)C(F)(F)F. The van der Waals surface area contributed by atoms with Crippen molar-refractivity contribution in [1.29, 1.82) is 0 Å². The van der Waals surface area contributed by atoms with E-state index >= 15 is 0 Å². The Hall–Kier alpha value is -2.74. The molecule has 0 saturated carbocycles.